The Balaban J connectivity index is 2.18. The number of aromatic nitrogens is 1. The van der Waals surface area contributed by atoms with Crippen molar-refractivity contribution in [2.75, 3.05) is 13.2 Å². The van der Waals surface area contributed by atoms with Gasteiger partial charge in [0.2, 0.25) is 0 Å². The molecule has 0 spiro atoms. The Labute approximate surface area is 108 Å². The first-order valence-corrected chi connectivity index (χ1v) is 5.67. The number of ether oxygens (including phenoxy) is 1. The fourth-order valence-corrected chi connectivity index (χ4v) is 1.87. The number of carbonyl (C=O) groups excluding carboxylic acids is 1. The largest absolute Gasteiger partial charge is 0.479 e. The number of hydrogen-bond acceptors (Lipinski definition) is 4. The van der Waals surface area contributed by atoms with Crippen LogP contribution < -0.4 is 5.32 Å². The van der Waals surface area contributed by atoms with Gasteiger partial charge in [0, 0.05) is 13.0 Å². The molecule has 1 aliphatic heterocycles. The SMILES string of the molecule is O=C(NC1(C(=O)O)CCOC1)c1cccc(Cl)n1. The van der Waals surface area contributed by atoms with Gasteiger partial charge < -0.3 is 15.2 Å². The van der Waals surface area contributed by atoms with Crippen LogP contribution in [-0.4, -0.2) is 40.7 Å². The molecule has 1 unspecified atom stereocenters. The molecule has 7 heteroatoms. The van der Waals surface area contributed by atoms with Crippen molar-refractivity contribution in [1.82, 2.24) is 10.3 Å². The van der Waals surface area contributed by atoms with Crippen molar-refractivity contribution >= 4 is 23.5 Å². The monoisotopic (exact) mass is 270 g/mol. The summed E-state index contributed by atoms with van der Waals surface area (Å²) >= 11 is 5.67. The van der Waals surface area contributed by atoms with E-state index in [1.54, 1.807) is 6.07 Å². The Morgan fingerprint density at radius 1 is 1.50 bits per heavy atom. The molecule has 0 saturated carbocycles. The lowest BCUT2D eigenvalue weighted by molar-refractivity contribution is -0.144. The van der Waals surface area contributed by atoms with E-state index in [1.807, 2.05) is 0 Å². The minimum atomic E-state index is -1.37. The highest BCUT2D eigenvalue weighted by Crippen LogP contribution is 2.19. The number of amides is 1. The number of hydrogen-bond donors (Lipinski definition) is 2. The number of carboxylic acids is 1. The lowest BCUT2D eigenvalue weighted by Crippen LogP contribution is -2.55. The third-order valence-electron chi connectivity index (χ3n) is 2.73. The molecule has 1 fully saturated rings. The lowest BCUT2D eigenvalue weighted by Gasteiger charge is -2.23. The van der Waals surface area contributed by atoms with E-state index >= 15 is 0 Å². The Hall–Kier alpha value is -1.66. The smallest absolute Gasteiger partial charge is 0.331 e. The maximum absolute atomic E-state index is 11.9. The molecule has 1 aromatic heterocycles. The third kappa shape index (κ3) is 2.44. The molecule has 0 bridgehead atoms. The van der Waals surface area contributed by atoms with Gasteiger partial charge in [-0.3, -0.25) is 4.79 Å². The van der Waals surface area contributed by atoms with Crippen LogP contribution in [0.15, 0.2) is 18.2 Å². The first-order valence-electron chi connectivity index (χ1n) is 5.30. The van der Waals surface area contributed by atoms with Crippen LogP contribution in [0.2, 0.25) is 5.15 Å². The van der Waals surface area contributed by atoms with E-state index in [2.05, 4.69) is 10.3 Å². The predicted octanol–water partition coefficient (Wildman–Crippen LogP) is 0.708. The highest BCUT2D eigenvalue weighted by molar-refractivity contribution is 6.29. The quantitative estimate of drug-likeness (QED) is 0.790. The highest BCUT2D eigenvalue weighted by atomic mass is 35.5. The van der Waals surface area contributed by atoms with Crippen molar-refractivity contribution in [1.29, 1.82) is 0 Å². The second-order valence-electron chi connectivity index (χ2n) is 3.99. The summed E-state index contributed by atoms with van der Waals surface area (Å²) in [6, 6.07) is 4.57. The van der Waals surface area contributed by atoms with Gasteiger partial charge >= 0.3 is 5.97 Å². The van der Waals surface area contributed by atoms with Gasteiger partial charge in [-0.1, -0.05) is 17.7 Å². The Morgan fingerprint density at radius 3 is 2.83 bits per heavy atom. The van der Waals surface area contributed by atoms with E-state index in [-0.39, 0.29) is 23.9 Å². The van der Waals surface area contributed by atoms with Crippen molar-refractivity contribution in [3.05, 3.63) is 29.0 Å². The zero-order valence-corrected chi connectivity index (χ0v) is 10.1. The zero-order valence-electron chi connectivity index (χ0n) is 9.35. The predicted molar refractivity (Wildman–Crippen MR) is 62.5 cm³/mol. The number of nitrogens with one attached hydrogen (secondary N) is 1. The molecule has 96 valence electrons. The second kappa shape index (κ2) is 4.91. The van der Waals surface area contributed by atoms with E-state index in [9.17, 15) is 14.7 Å². The van der Waals surface area contributed by atoms with Crippen molar-refractivity contribution in [2.45, 2.75) is 12.0 Å². The Morgan fingerprint density at radius 2 is 2.28 bits per heavy atom. The summed E-state index contributed by atoms with van der Waals surface area (Å²) in [5.41, 5.74) is -1.30. The lowest BCUT2D eigenvalue weighted by atomic mass is 9.99. The van der Waals surface area contributed by atoms with Crippen LogP contribution in [0.4, 0.5) is 0 Å². The first kappa shape index (κ1) is 12.8. The van der Waals surface area contributed by atoms with Crippen LogP contribution in [-0.2, 0) is 9.53 Å². The van der Waals surface area contributed by atoms with Gasteiger partial charge in [0.1, 0.15) is 10.8 Å². The molecular weight excluding hydrogens is 260 g/mol. The van der Waals surface area contributed by atoms with E-state index in [0.717, 1.165) is 0 Å². The minimum absolute atomic E-state index is 0.0470. The normalized spacial score (nSPS) is 22.7. The molecule has 18 heavy (non-hydrogen) atoms. The van der Waals surface area contributed by atoms with Crippen LogP contribution in [0, 0.1) is 0 Å². The molecule has 2 N–H and O–H groups in total. The fourth-order valence-electron chi connectivity index (χ4n) is 1.70. The van der Waals surface area contributed by atoms with Crippen LogP contribution >= 0.6 is 11.6 Å². The molecule has 1 saturated heterocycles. The molecule has 1 aromatic rings. The number of aliphatic carboxylic acids is 1. The summed E-state index contributed by atoms with van der Waals surface area (Å²) in [6.07, 6.45) is 0.231. The van der Waals surface area contributed by atoms with Gasteiger partial charge in [0.15, 0.2) is 5.54 Å². The molecule has 0 aromatic carbocycles. The summed E-state index contributed by atoms with van der Waals surface area (Å²) in [7, 11) is 0. The van der Waals surface area contributed by atoms with Gasteiger partial charge in [-0.2, -0.15) is 0 Å². The van der Waals surface area contributed by atoms with Crippen LogP contribution in [0.1, 0.15) is 16.9 Å². The van der Waals surface area contributed by atoms with Gasteiger partial charge in [-0.15, -0.1) is 0 Å². The summed E-state index contributed by atoms with van der Waals surface area (Å²) < 4.78 is 5.04. The first-order chi connectivity index (χ1) is 8.53. The molecule has 2 heterocycles. The van der Waals surface area contributed by atoms with E-state index < -0.39 is 17.4 Å². The fraction of sp³-hybridized carbons (Fsp3) is 0.364. The van der Waals surface area contributed by atoms with Crippen LogP contribution in [0.25, 0.3) is 0 Å². The minimum Gasteiger partial charge on any atom is -0.479 e. The van der Waals surface area contributed by atoms with Gasteiger partial charge in [0.05, 0.1) is 6.61 Å². The number of rotatable bonds is 3. The Bertz CT molecular complexity index is 486. The van der Waals surface area contributed by atoms with Gasteiger partial charge in [0.25, 0.3) is 5.91 Å². The van der Waals surface area contributed by atoms with Gasteiger partial charge in [-0.05, 0) is 12.1 Å². The third-order valence-corrected chi connectivity index (χ3v) is 2.94. The topological polar surface area (TPSA) is 88.5 Å². The maximum Gasteiger partial charge on any atom is 0.331 e. The highest BCUT2D eigenvalue weighted by Gasteiger charge is 2.44. The average Bonchev–Trinajstić information content (AvgIpc) is 2.79. The number of nitrogens with zero attached hydrogens (tertiary/aromatic N) is 1. The summed E-state index contributed by atoms with van der Waals surface area (Å²) in [4.78, 5) is 27.0. The van der Waals surface area contributed by atoms with Crippen molar-refractivity contribution in [3.63, 3.8) is 0 Å². The van der Waals surface area contributed by atoms with E-state index in [1.165, 1.54) is 12.1 Å². The zero-order chi connectivity index (χ0) is 13.2. The van der Waals surface area contributed by atoms with Crippen LogP contribution in [0.5, 0.6) is 0 Å². The second-order valence-corrected chi connectivity index (χ2v) is 4.38. The molecule has 1 aliphatic rings. The van der Waals surface area contributed by atoms with Crippen LogP contribution in [0.3, 0.4) is 0 Å². The molecule has 0 radical (unpaired) electrons. The molecule has 1 amide bonds. The summed E-state index contributed by atoms with van der Waals surface area (Å²) in [5, 5.41) is 11.8. The van der Waals surface area contributed by atoms with Gasteiger partial charge in [-0.25, -0.2) is 9.78 Å². The van der Waals surface area contributed by atoms with E-state index in [4.69, 9.17) is 16.3 Å². The van der Waals surface area contributed by atoms with Crippen molar-refractivity contribution < 1.29 is 19.4 Å². The molecule has 0 aliphatic carbocycles. The van der Waals surface area contributed by atoms with Crippen molar-refractivity contribution in [3.8, 4) is 0 Å². The molecule has 6 nitrogen and oxygen atoms in total. The number of carbonyl (C=O) groups is 2. The molecule has 2 rings (SSSR count). The maximum atomic E-state index is 11.9. The number of carboxylic acid groups (broad SMARTS) is 1. The standard InChI is InChI=1S/C11H11ClN2O4/c12-8-3-1-2-7(13-8)9(15)14-11(10(16)17)4-5-18-6-11/h1-3H,4-6H2,(H,14,15)(H,16,17). The number of halogens is 1. The summed E-state index contributed by atoms with van der Waals surface area (Å²) in [6.45, 7) is 0.254. The van der Waals surface area contributed by atoms with Crippen molar-refractivity contribution in [2.24, 2.45) is 0 Å². The Kier molecular flexibility index (Phi) is 3.49. The molecule has 1 atom stereocenters. The molecular formula is C11H11ClN2O4. The van der Waals surface area contributed by atoms with E-state index in [0.29, 0.717) is 6.61 Å². The summed E-state index contributed by atoms with van der Waals surface area (Å²) in [5.74, 6) is -1.69. The average molecular weight is 271 g/mol. The number of pyridine rings is 1.